The van der Waals surface area contributed by atoms with Crippen molar-refractivity contribution >= 4 is 33.2 Å². The van der Waals surface area contributed by atoms with Gasteiger partial charge < -0.3 is 4.90 Å². The molecule has 0 aromatic heterocycles. The van der Waals surface area contributed by atoms with Crippen LogP contribution in [-0.4, -0.2) is 34.8 Å². The first-order chi connectivity index (χ1) is 11.5. The van der Waals surface area contributed by atoms with Gasteiger partial charge in [-0.2, -0.15) is 0 Å². The van der Waals surface area contributed by atoms with Crippen LogP contribution in [0.15, 0.2) is 58.3 Å². The Kier molecular flexibility index (Phi) is 5.06. The largest absolute Gasteiger partial charge is 0.372 e. The van der Waals surface area contributed by atoms with Gasteiger partial charge in [0.15, 0.2) is 0 Å². The molecular weight excluding hydrogens is 340 g/mol. The van der Waals surface area contributed by atoms with E-state index in [0.29, 0.717) is 10.6 Å². The summed E-state index contributed by atoms with van der Waals surface area (Å²) in [6.07, 6.45) is 4.42. The van der Waals surface area contributed by atoms with E-state index in [9.17, 15) is 8.42 Å². The van der Waals surface area contributed by atoms with Crippen LogP contribution in [0.1, 0.15) is 12.8 Å². The van der Waals surface area contributed by atoms with E-state index in [-0.39, 0.29) is 0 Å². The lowest BCUT2D eigenvalue weighted by molar-refractivity contribution is 0.594. The van der Waals surface area contributed by atoms with Gasteiger partial charge in [0.1, 0.15) is 0 Å². The lowest BCUT2D eigenvalue weighted by atomic mass is 10.2. The van der Waals surface area contributed by atoms with E-state index >= 15 is 0 Å². The molecule has 1 aliphatic heterocycles. The van der Waals surface area contributed by atoms with E-state index in [4.69, 9.17) is 0 Å². The molecule has 128 valence electrons. The van der Waals surface area contributed by atoms with Crippen LogP contribution in [0.3, 0.4) is 0 Å². The summed E-state index contributed by atoms with van der Waals surface area (Å²) in [6, 6.07) is 14.8. The SMILES string of the molecule is CSc1ccc(S(=O)(=O)N(C)c2ccc(N3CCCC3)cc2)cc1. The monoisotopic (exact) mass is 362 g/mol. The highest BCUT2D eigenvalue weighted by Crippen LogP contribution is 2.27. The van der Waals surface area contributed by atoms with Crippen LogP contribution in [0.4, 0.5) is 11.4 Å². The summed E-state index contributed by atoms with van der Waals surface area (Å²) in [4.78, 5) is 3.69. The maximum absolute atomic E-state index is 12.8. The molecule has 0 saturated carbocycles. The minimum atomic E-state index is -3.54. The van der Waals surface area contributed by atoms with Crippen molar-refractivity contribution in [1.82, 2.24) is 0 Å². The van der Waals surface area contributed by atoms with Crippen LogP contribution < -0.4 is 9.21 Å². The normalized spacial score (nSPS) is 14.8. The number of hydrogen-bond acceptors (Lipinski definition) is 4. The molecular formula is C18H22N2O2S2. The summed E-state index contributed by atoms with van der Waals surface area (Å²) in [5.74, 6) is 0. The van der Waals surface area contributed by atoms with Crippen molar-refractivity contribution < 1.29 is 8.42 Å². The van der Waals surface area contributed by atoms with Gasteiger partial charge in [-0.3, -0.25) is 4.31 Å². The highest BCUT2D eigenvalue weighted by molar-refractivity contribution is 7.98. The van der Waals surface area contributed by atoms with E-state index < -0.39 is 10.0 Å². The van der Waals surface area contributed by atoms with Gasteiger partial charge >= 0.3 is 0 Å². The Balaban J connectivity index is 1.82. The van der Waals surface area contributed by atoms with Crippen LogP contribution in [0.25, 0.3) is 0 Å². The van der Waals surface area contributed by atoms with E-state index in [0.717, 1.165) is 23.7 Å². The van der Waals surface area contributed by atoms with Gasteiger partial charge in [-0.05, 0) is 67.6 Å². The molecule has 0 N–H and O–H groups in total. The number of hydrogen-bond donors (Lipinski definition) is 0. The smallest absolute Gasteiger partial charge is 0.264 e. The van der Waals surface area contributed by atoms with Crippen molar-refractivity contribution in [3.63, 3.8) is 0 Å². The Morgan fingerprint density at radius 1 is 0.958 bits per heavy atom. The molecule has 1 saturated heterocycles. The van der Waals surface area contributed by atoms with Gasteiger partial charge in [0.2, 0.25) is 0 Å². The van der Waals surface area contributed by atoms with E-state index in [2.05, 4.69) is 4.90 Å². The zero-order valence-corrected chi connectivity index (χ0v) is 15.6. The number of thioether (sulfide) groups is 1. The zero-order chi connectivity index (χ0) is 17.2. The molecule has 6 heteroatoms. The minimum Gasteiger partial charge on any atom is -0.372 e. The molecule has 0 aliphatic carbocycles. The van der Waals surface area contributed by atoms with Crippen molar-refractivity contribution in [2.24, 2.45) is 0 Å². The Morgan fingerprint density at radius 2 is 1.54 bits per heavy atom. The van der Waals surface area contributed by atoms with Crippen LogP contribution in [-0.2, 0) is 10.0 Å². The van der Waals surface area contributed by atoms with Gasteiger partial charge in [-0.25, -0.2) is 8.42 Å². The first-order valence-corrected chi connectivity index (χ1v) is 10.7. The third-order valence-electron chi connectivity index (χ3n) is 4.40. The first-order valence-electron chi connectivity index (χ1n) is 8.00. The Labute approximate surface area is 148 Å². The molecule has 0 atom stereocenters. The molecule has 0 radical (unpaired) electrons. The maximum Gasteiger partial charge on any atom is 0.264 e. The quantitative estimate of drug-likeness (QED) is 0.758. The third-order valence-corrected chi connectivity index (χ3v) is 6.95. The van der Waals surface area contributed by atoms with Gasteiger partial charge in [0, 0.05) is 30.7 Å². The van der Waals surface area contributed by atoms with Crippen LogP contribution in [0.5, 0.6) is 0 Å². The molecule has 2 aromatic carbocycles. The molecule has 0 amide bonds. The number of rotatable bonds is 5. The van der Waals surface area contributed by atoms with Crippen molar-refractivity contribution in [1.29, 1.82) is 0 Å². The molecule has 24 heavy (non-hydrogen) atoms. The minimum absolute atomic E-state index is 0.311. The summed E-state index contributed by atoms with van der Waals surface area (Å²) in [5.41, 5.74) is 1.83. The predicted molar refractivity (Wildman–Crippen MR) is 102 cm³/mol. The Morgan fingerprint density at radius 3 is 2.08 bits per heavy atom. The van der Waals surface area contributed by atoms with Gasteiger partial charge in [0.05, 0.1) is 10.6 Å². The maximum atomic E-state index is 12.8. The zero-order valence-electron chi connectivity index (χ0n) is 14.0. The molecule has 0 spiro atoms. The fourth-order valence-electron chi connectivity index (χ4n) is 2.89. The number of sulfonamides is 1. The van der Waals surface area contributed by atoms with Crippen molar-refractivity contribution in [2.75, 3.05) is 35.6 Å². The molecule has 2 aromatic rings. The predicted octanol–water partition coefficient (Wildman–Crippen LogP) is 3.83. The summed E-state index contributed by atoms with van der Waals surface area (Å²) < 4.78 is 26.9. The fraction of sp³-hybridized carbons (Fsp3) is 0.333. The first kappa shape index (κ1) is 17.2. The Hall–Kier alpha value is -1.66. The molecule has 1 heterocycles. The van der Waals surface area contributed by atoms with Gasteiger partial charge in [-0.1, -0.05) is 0 Å². The van der Waals surface area contributed by atoms with E-state index in [1.807, 2.05) is 42.7 Å². The van der Waals surface area contributed by atoms with Crippen molar-refractivity contribution in [2.45, 2.75) is 22.6 Å². The number of nitrogens with zero attached hydrogens (tertiary/aromatic N) is 2. The second-order valence-electron chi connectivity index (χ2n) is 5.86. The second kappa shape index (κ2) is 7.07. The van der Waals surface area contributed by atoms with Crippen LogP contribution in [0, 0.1) is 0 Å². The summed E-state index contributed by atoms with van der Waals surface area (Å²) in [5, 5.41) is 0. The van der Waals surface area contributed by atoms with Gasteiger partial charge in [-0.15, -0.1) is 11.8 Å². The van der Waals surface area contributed by atoms with E-state index in [1.54, 1.807) is 30.9 Å². The molecule has 1 fully saturated rings. The highest BCUT2D eigenvalue weighted by atomic mass is 32.2. The van der Waals surface area contributed by atoms with Crippen molar-refractivity contribution in [3.8, 4) is 0 Å². The summed E-state index contributed by atoms with van der Waals surface area (Å²) >= 11 is 1.59. The molecule has 3 rings (SSSR count). The standard InChI is InChI=1S/C18H22N2O2S2/c1-19(24(21,22)18-11-9-17(23-2)10-12-18)15-5-7-16(8-6-15)20-13-3-4-14-20/h5-12H,3-4,13-14H2,1-2H3. The van der Waals surface area contributed by atoms with E-state index in [1.165, 1.54) is 17.1 Å². The topological polar surface area (TPSA) is 40.6 Å². The van der Waals surface area contributed by atoms with Gasteiger partial charge in [0.25, 0.3) is 10.0 Å². The third kappa shape index (κ3) is 3.39. The van der Waals surface area contributed by atoms with Crippen LogP contribution >= 0.6 is 11.8 Å². The molecule has 0 unspecified atom stereocenters. The Bertz CT molecular complexity index is 781. The molecule has 4 nitrogen and oxygen atoms in total. The molecule has 0 bridgehead atoms. The number of anilines is 2. The average Bonchev–Trinajstić information content (AvgIpc) is 3.16. The molecule has 1 aliphatic rings. The summed E-state index contributed by atoms with van der Waals surface area (Å²) in [7, 11) is -1.94. The number of benzene rings is 2. The fourth-order valence-corrected chi connectivity index (χ4v) is 4.50. The highest BCUT2D eigenvalue weighted by Gasteiger charge is 2.21. The van der Waals surface area contributed by atoms with Crippen LogP contribution in [0.2, 0.25) is 0 Å². The average molecular weight is 363 g/mol. The lowest BCUT2D eigenvalue weighted by Gasteiger charge is -2.22. The van der Waals surface area contributed by atoms with Crippen molar-refractivity contribution in [3.05, 3.63) is 48.5 Å². The summed E-state index contributed by atoms with van der Waals surface area (Å²) in [6.45, 7) is 2.16. The lowest BCUT2D eigenvalue weighted by Crippen LogP contribution is -2.26. The second-order valence-corrected chi connectivity index (χ2v) is 8.71.